The number of fused-ring (bicyclic) bond motifs is 3. The summed E-state index contributed by atoms with van der Waals surface area (Å²) in [4.78, 5) is 0. The van der Waals surface area contributed by atoms with Gasteiger partial charge in [0.05, 0.1) is 0 Å². The van der Waals surface area contributed by atoms with Gasteiger partial charge in [0.15, 0.2) is 0 Å². The first kappa shape index (κ1) is 12.4. The van der Waals surface area contributed by atoms with E-state index >= 15 is 0 Å². The van der Waals surface area contributed by atoms with E-state index in [0.717, 1.165) is 0 Å². The van der Waals surface area contributed by atoms with Crippen molar-refractivity contribution in [3.63, 3.8) is 0 Å². The van der Waals surface area contributed by atoms with Gasteiger partial charge in [0.1, 0.15) is 0 Å². The third-order valence-corrected chi connectivity index (χ3v) is 4.82. The Bertz CT molecular complexity index is 814. The second-order valence-corrected chi connectivity index (χ2v) is 6.09. The molecule has 102 valence electrons. The Morgan fingerprint density at radius 3 is 2.14 bits per heavy atom. The molecule has 1 aliphatic carbocycles. The second kappa shape index (κ2) is 4.33. The first-order valence-corrected chi connectivity index (χ1v) is 7.48. The van der Waals surface area contributed by atoms with Gasteiger partial charge >= 0.3 is 0 Å². The molecule has 0 saturated heterocycles. The molecule has 0 N–H and O–H groups in total. The quantitative estimate of drug-likeness (QED) is 0.560. The van der Waals surface area contributed by atoms with E-state index in [-0.39, 0.29) is 5.41 Å². The first-order valence-electron chi connectivity index (χ1n) is 7.48. The Kier molecular flexibility index (Phi) is 2.56. The molecule has 3 aromatic rings. The van der Waals surface area contributed by atoms with Crippen LogP contribution in [0, 0.1) is 6.92 Å². The molecule has 4 rings (SSSR count). The summed E-state index contributed by atoms with van der Waals surface area (Å²) in [5.74, 6) is 0. The van der Waals surface area contributed by atoms with Crippen molar-refractivity contribution in [2.24, 2.45) is 0 Å². The van der Waals surface area contributed by atoms with Crippen LogP contribution in [0.25, 0.3) is 11.1 Å². The van der Waals surface area contributed by atoms with E-state index in [2.05, 4.69) is 86.6 Å². The molecule has 3 aromatic carbocycles. The topological polar surface area (TPSA) is 0 Å². The van der Waals surface area contributed by atoms with Crippen LogP contribution < -0.4 is 0 Å². The fourth-order valence-electron chi connectivity index (χ4n) is 3.70. The van der Waals surface area contributed by atoms with Crippen LogP contribution in [0.2, 0.25) is 0 Å². The number of benzene rings is 3. The lowest BCUT2D eigenvalue weighted by atomic mass is 9.74. The van der Waals surface area contributed by atoms with Gasteiger partial charge in [-0.25, -0.2) is 0 Å². The van der Waals surface area contributed by atoms with Crippen molar-refractivity contribution >= 4 is 0 Å². The largest absolute Gasteiger partial charge is 0.0622 e. The summed E-state index contributed by atoms with van der Waals surface area (Å²) in [7, 11) is 0. The molecule has 21 heavy (non-hydrogen) atoms. The van der Waals surface area contributed by atoms with Crippen molar-refractivity contribution in [2.45, 2.75) is 19.3 Å². The summed E-state index contributed by atoms with van der Waals surface area (Å²) in [5.41, 5.74) is 8.22. The molecular weight excluding hydrogens is 252 g/mol. The maximum atomic E-state index is 2.35. The van der Waals surface area contributed by atoms with Crippen molar-refractivity contribution in [1.82, 2.24) is 0 Å². The molecule has 0 nitrogen and oxygen atoms in total. The van der Waals surface area contributed by atoms with E-state index in [0.29, 0.717) is 0 Å². The van der Waals surface area contributed by atoms with E-state index < -0.39 is 0 Å². The Morgan fingerprint density at radius 1 is 0.667 bits per heavy atom. The number of aryl methyl sites for hydroxylation is 1. The molecule has 0 radical (unpaired) electrons. The van der Waals surface area contributed by atoms with Gasteiger partial charge in [-0.2, -0.15) is 0 Å². The predicted molar refractivity (Wildman–Crippen MR) is 88.6 cm³/mol. The summed E-state index contributed by atoms with van der Waals surface area (Å²) in [6.07, 6.45) is 0. The molecule has 0 fully saturated rings. The molecule has 0 aromatic heterocycles. The number of hydrogen-bond donors (Lipinski definition) is 0. The summed E-state index contributed by atoms with van der Waals surface area (Å²) in [6, 6.07) is 26.5. The summed E-state index contributed by atoms with van der Waals surface area (Å²) >= 11 is 0. The van der Waals surface area contributed by atoms with Gasteiger partial charge in [-0.15, -0.1) is 0 Å². The minimum atomic E-state index is -0.0547. The van der Waals surface area contributed by atoms with Crippen LogP contribution in [0.4, 0.5) is 0 Å². The van der Waals surface area contributed by atoms with Crippen LogP contribution in [0.1, 0.15) is 29.2 Å². The highest BCUT2D eigenvalue weighted by Crippen LogP contribution is 2.52. The zero-order valence-electron chi connectivity index (χ0n) is 12.4. The van der Waals surface area contributed by atoms with Crippen LogP contribution in [-0.2, 0) is 5.41 Å². The SMILES string of the molecule is Cc1ccc2c(c1)-c1ccccc1C2(C)c1ccccc1. The average molecular weight is 270 g/mol. The van der Waals surface area contributed by atoms with Gasteiger partial charge in [-0.1, -0.05) is 78.4 Å². The zero-order valence-corrected chi connectivity index (χ0v) is 12.4. The molecule has 0 saturated carbocycles. The van der Waals surface area contributed by atoms with Crippen molar-refractivity contribution in [1.29, 1.82) is 0 Å². The molecule has 0 bridgehead atoms. The summed E-state index contributed by atoms with van der Waals surface area (Å²) in [5, 5.41) is 0. The molecular formula is C21H18. The Labute approximate surface area is 126 Å². The molecule has 1 atom stereocenters. The Morgan fingerprint density at radius 2 is 1.33 bits per heavy atom. The maximum Gasteiger partial charge on any atom is 0.0435 e. The average Bonchev–Trinajstić information content (AvgIpc) is 2.79. The molecule has 0 aliphatic heterocycles. The third kappa shape index (κ3) is 1.62. The van der Waals surface area contributed by atoms with Gasteiger partial charge < -0.3 is 0 Å². The lowest BCUT2D eigenvalue weighted by molar-refractivity contribution is 0.714. The van der Waals surface area contributed by atoms with Gasteiger partial charge in [-0.05, 0) is 41.7 Å². The van der Waals surface area contributed by atoms with Gasteiger partial charge in [0, 0.05) is 5.41 Å². The standard InChI is InChI=1S/C21H18/c1-15-12-13-20-18(14-15)17-10-6-7-11-19(17)21(20,2)16-8-4-3-5-9-16/h3-14H,1-2H3. The lowest BCUT2D eigenvalue weighted by Gasteiger charge is -2.28. The molecule has 0 heteroatoms. The molecule has 0 heterocycles. The monoisotopic (exact) mass is 270 g/mol. The number of rotatable bonds is 1. The summed E-state index contributed by atoms with van der Waals surface area (Å²) in [6.45, 7) is 4.52. The van der Waals surface area contributed by atoms with Gasteiger partial charge in [0.25, 0.3) is 0 Å². The van der Waals surface area contributed by atoms with Crippen LogP contribution in [-0.4, -0.2) is 0 Å². The minimum Gasteiger partial charge on any atom is -0.0622 e. The maximum absolute atomic E-state index is 2.35. The fraction of sp³-hybridized carbons (Fsp3) is 0.143. The third-order valence-electron chi connectivity index (χ3n) is 4.82. The Balaban J connectivity index is 2.10. The van der Waals surface area contributed by atoms with E-state index in [4.69, 9.17) is 0 Å². The van der Waals surface area contributed by atoms with E-state index in [1.165, 1.54) is 33.4 Å². The number of hydrogen-bond acceptors (Lipinski definition) is 0. The van der Waals surface area contributed by atoms with Crippen LogP contribution >= 0.6 is 0 Å². The van der Waals surface area contributed by atoms with Crippen LogP contribution in [0.3, 0.4) is 0 Å². The van der Waals surface area contributed by atoms with Crippen molar-refractivity contribution in [3.05, 3.63) is 95.1 Å². The molecule has 1 aliphatic rings. The van der Waals surface area contributed by atoms with Gasteiger partial charge in [0.2, 0.25) is 0 Å². The first-order chi connectivity index (χ1) is 10.2. The van der Waals surface area contributed by atoms with E-state index in [1.807, 2.05) is 0 Å². The molecule has 0 amide bonds. The minimum absolute atomic E-state index is 0.0547. The van der Waals surface area contributed by atoms with Crippen molar-refractivity contribution in [3.8, 4) is 11.1 Å². The van der Waals surface area contributed by atoms with Gasteiger partial charge in [-0.3, -0.25) is 0 Å². The highest BCUT2D eigenvalue weighted by Gasteiger charge is 2.40. The van der Waals surface area contributed by atoms with E-state index in [1.54, 1.807) is 0 Å². The highest BCUT2D eigenvalue weighted by molar-refractivity contribution is 5.83. The van der Waals surface area contributed by atoms with E-state index in [9.17, 15) is 0 Å². The van der Waals surface area contributed by atoms with Crippen molar-refractivity contribution in [2.75, 3.05) is 0 Å². The molecule has 0 spiro atoms. The Hall–Kier alpha value is -2.34. The van der Waals surface area contributed by atoms with Crippen molar-refractivity contribution < 1.29 is 0 Å². The lowest BCUT2D eigenvalue weighted by Crippen LogP contribution is -2.22. The zero-order chi connectivity index (χ0) is 14.4. The second-order valence-electron chi connectivity index (χ2n) is 6.09. The normalized spacial score (nSPS) is 19.1. The predicted octanol–water partition coefficient (Wildman–Crippen LogP) is 5.33. The highest BCUT2D eigenvalue weighted by atomic mass is 14.4. The molecule has 1 unspecified atom stereocenters. The smallest absolute Gasteiger partial charge is 0.0435 e. The van der Waals surface area contributed by atoms with Crippen LogP contribution in [0.15, 0.2) is 72.8 Å². The van der Waals surface area contributed by atoms with Crippen LogP contribution in [0.5, 0.6) is 0 Å². The summed E-state index contributed by atoms with van der Waals surface area (Å²) < 4.78 is 0. The fourth-order valence-corrected chi connectivity index (χ4v) is 3.70.